The van der Waals surface area contributed by atoms with E-state index in [1.165, 1.54) is 11.0 Å². The third-order valence-corrected chi connectivity index (χ3v) is 9.46. The van der Waals surface area contributed by atoms with Crippen LogP contribution in [0.5, 0.6) is 11.5 Å². The summed E-state index contributed by atoms with van der Waals surface area (Å²) >= 11 is 0. The number of aromatic hydroxyl groups is 2. The highest BCUT2D eigenvalue weighted by molar-refractivity contribution is 6.24. The van der Waals surface area contributed by atoms with Gasteiger partial charge in [0, 0.05) is 40.1 Å². The number of Topliss-reactive ketones (excluding diaryl/α,β-unsaturated/α-hetero) is 1. The van der Waals surface area contributed by atoms with Crippen LogP contribution < -0.4 is 0 Å². The zero-order chi connectivity index (χ0) is 29.3. The number of phenols is 2. The minimum atomic E-state index is -0.695. The lowest BCUT2D eigenvalue weighted by molar-refractivity contribution is -0.140. The van der Waals surface area contributed by atoms with Gasteiger partial charge in [0.25, 0.3) is 0 Å². The van der Waals surface area contributed by atoms with Crippen LogP contribution in [-0.2, 0) is 25.6 Å². The van der Waals surface area contributed by atoms with E-state index in [0.717, 1.165) is 16.5 Å². The summed E-state index contributed by atoms with van der Waals surface area (Å²) in [7, 11) is 0. The Balaban J connectivity index is 1.30. The predicted molar refractivity (Wildman–Crippen MR) is 155 cm³/mol. The van der Waals surface area contributed by atoms with Crippen molar-refractivity contribution in [2.45, 2.75) is 32.1 Å². The van der Waals surface area contributed by atoms with E-state index in [9.17, 15) is 29.4 Å². The Morgan fingerprint density at radius 3 is 2.43 bits per heavy atom. The third-order valence-electron chi connectivity index (χ3n) is 9.46. The van der Waals surface area contributed by atoms with Crippen molar-refractivity contribution >= 4 is 34.2 Å². The van der Waals surface area contributed by atoms with Crippen LogP contribution in [0.3, 0.4) is 0 Å². The normalized spacial score (nSPS) is 25.3. The van der Waals surface area contributed by atoms with Crippen molar-refractivity contribution in [1.82, 2.24) is 4.90 Å². The van der Waals surface area contributed by atoms with Gasteiger partial charge >= 0.3 is 0 Å². The van der Waals surface area contributed by atoms with Crippen molar-refractivity contribution in [3.63, 3.8) is 0 Å². The summed E-state index contributed by atoms with van der Waals surface area (Å²) in [5.74, 6) is -3.09. The van der Waals surface area contributed by atoms with Gasteiger partial charge in [0.1, 0.15) is 11.5 Å². The highest BCUT2D eigenvalue weighted by Crippen LogP contribution is 2.56. The number of carbonyl (C=O) groups excluding carboxylic acids is 4. The molecule has 1 saturated heterocycles. The molecule has 3 aromatic carbocycles. The lowest BCUT2D eigenvalue weighted by Gasteiger charge is -2.42. The monoisotopic (exact) mass is 559 g/mol. The van der Waals surface area contributed by atoms with Crippen LogP contribution in [0.15, 0.2) is 95.1 Å². The third kappa shape index (κ3) is 3.87. The SMILES string of the molecule is CC1=CC(=O)C2=C(C[C@@H]3C(=CC[C@@H]4C(=O)N(CCc5ccc(O)cc5)C(=O)[C@@H]43)[C@@H]2c2ccc3ccccc3c2O)C1=O. The Bertz CT molecular complexity index is 1810. The van der Waals surface area contributed by atoms with Crippen LogP contribution in [0.1, 0.15) is 36.8 Å². The first-order valence-electron chi connectivity index (χ1n) is 14.3. The van der Waals surface area contributed by atoms with Crippen LogP contribution in [0.2, 0.25) is 0 Å². The van der Waals surface area contributed by atoms with Gasteiger partial charge < -0.3 is 10.2 Å². The second-order valence-corrected chi connectivity index (χ2v) is 11.7. The average Bonchev–Trinajstić information content (AvgIpc) is 3.24. The first-order chi connectivity index (χ1) is 20.2. The van der Waals surface area contributed by atoms with E-state index in [2.05, 4.69) is 0 Å². The van der Waals surface area contributed by atoms with Crippen molar-refractivity contribution in [3.05, 3.63) is 106 Å². The fraction of sp³-hybridized carbons (Fsp3) is 0.257. The molecule has 2 amide bonds. The number of hydrogen-bond donors (Lipinski definition) is 2. The Morgan fingerprint density at radius 1 is 0.881 bits per heavy atom. The van der Waals surface area contributed by atoms with Gasteiger partial charge in [-0.3, -0.25) is 24.1 Å². The fourth-order valence-corrected chi connectivity index (χ4v) is 7.43. The summed E-state index contributed by atoms with van der Waals surface area (Å²) < 4.78 is 0. The molecule has 7 nitrogen and oxygen atoms in total. The summed E-state index contributed by atoms with van der Waals surface area (Å²) in [6.45, 7) is 1.84. The van der Waals surface area contributed by atoms with E-state index in [1.807, 2.05) is 36.4 Å². The lowest BCUT2D eigenvalue weighted by atomic mass is 9.59. The number of nitrogens with zero attached hydrogens (tertiary/aromatic N) is 1. The molecule has 1 fully saturated rings. The van der Waals surface area contributed by atoms with E-state index in [-0.39, 0.29) is 47.8 Å². The Hall–Kier alpha value is -4.78. The van der Waals surface area contributed by atoms with Crippen LogP contribution in [0.4, 0.5) is 0 Å². The summed E-state index contributed by atoms with van der Waals surface area (Å²) in [5, 5.41) is 22.6. The maximum atomic E-state index is 13.9. The molecule has 0 saturated carbocycles. The van der Waals surface area contributed by atoms with Crippen LogP contribution in [0.25, 0.3) is 10.8 Å². The number of fused-ring (bicyclic) bond motifs is 4. The van der Waals surface area contributed by atoms with E-state index >= 15 is 0 Å². The van der Waals surface area contributed by atoms with Crippen molar-refractivity contribution in [1.29, 1.82) is 0 Å². The van der Waals surface area contributed by atoms with Gasteiger partial charge in [-0.25, -0.2) is 0 Å². The number of amides is 2. The van der Waals surface area contributed by atoms with Gasteiger partial charge in [0.05, 0.1) is 11.8 Å². The molecule has 3 aliphatic carbocycles. The first-order valence-corrected chi connectivity index (χ1v) is 14.3. The van der Waals surface area contributed by atoms with E-state index in [4.69, 9.17) is 0 Å². The number of rotatable bonds is 4. The number of benzene rings is 3. The maximum absolute atomic E-state index is 13.9. The molecule has 0 bridgehead atoms. The molecule has 0 spiro atoms. The fourth-order valence-electron chi connectivity index (χ4n) is 7.43. The summed E-state index contributed by atoms with van der Waals surface area (Å²) in [6, 6.07) is 17.8. The highest BCUT2D eigenvalue weighted by Gasteiger charge is 2.56. The Kier molecular flexibility index (Phi) is 6.01. The molecule has 2 N–H and O–H groups in total. The van der Waals surface area contributed by atoms with Gasteiger partial charge in [0.2, 0.25) is 11.8 Å². The Morgan fingerprint density at radius 2 is 1.64 bits per heavy atom. The lowest BCUT2D eigenvalue weighted by Crippen LogP contribution is -2.40. The van der Waals surface area contributed by atoms with Crippen molar-refractivity contribution in [2.75, 3.05) is 6.54 Å². The minimum Gasteiger partial charge on any atom is -0.508 e. The molecule has 210 valence electrons. The molecule has 3 aromatic rings. The molecule has 7 rings (SSSR count). The van der Waals surface area contributed by atoms with Gasteiger partial charge in [-0.05, 0) is 61.3 Å². The molecule has 0 radical (unpaired) electrons. The minimum absolute atomic E-state index is 0.0458. The Labute approximate surface area is 242 Å². The van der Waals surface area contributed by atoms with Crippen molar-refractivity contribution < 1.29 is 29.4 Å². The predicted octanol–water partition coefficient (Wildman–Crippen LogP) is 4.92. The van der Waals surface area contributed by atoms with Crippen LogP contribution >= 0.6 is 0 Å². The van der Waals surface area contributed by atoms with Crippen molar-refractivity contribution in [2.24, 2.45) is 17.8 Å². The zero-order valence-electron chi connectivity index (χ0n) is 23.0. The molecule has 1 aliphatic heterocycles. The summed E-state index contributed by atoms with van der Waals surface area (Å²) in [4.78, 5) is 55.9. The van der Waals surface area contributed by atoms with Gasteiger partial charge in [-0.15, -0.1) is 0 Å². The number of carbonyl (C=O) groups is 4. The molecule has 0 unspecified atom stereocenters. The number of hydrogen-bond acceptors (Lipinski definition) is 6. The smallest absolute Gasteiger partial charge is 0.233 e. The zero-order valence-corrected chi connectivity index (χ0v) is 23.0. The highest BCUT2D eigenvalue weighted by atomic mass is 16.3. The van der Waals surface area contributed by atoms with E-state index < -0.39 is 23.7 Å². The topological polar surface area (TPSA) is 112 Å². The second kappa shape index (κ2) is 9.65. The number of ketones is 2. The second-order valence-electron chi connectivity index (χ2n) is 11.7. The quantitative estimate of drug-likeness (QED) is 0.267. The molecular weight excluding hydrogens is 530 g/mol. The molecule has 42 heavy (non-hydrogen) atoms. The number of likely N-dealkylation sites (tertiary alicyclic amines) is 1. The van der Waals surface area contributed by atoms with Crippen molar-refractivity contribution in [3.8, 4) is 11.5 Å². The maximum Gasteiger partial charge on any atom is 0.233 e. The number of imide groups is 1. The van der Waals surface area contributed by atoms with E-state index in [1.54, 1.807) is 37.3 Å². The summed E-state index contributed by atoms with van der Waals surface area (Å²) in [5.41, 5.74) is 3.32. The number of phenolic OH excluding ortho intramolecular Hbond substituents is 2. The van der Waals surface area contributed by atoms with Crippen LogP contribution in [-0.4, -0.2) is 45.0 Å². The average molecular weight is 560 g/mol. The van der Waals surface area contributed by atoms with Gasteiger partial charge in [-0.1, -0.05) is 60.2 Å². The molecule has 4 atom stereocenters. The molecular formula is C35H29NO6. The standard InChI is InChI=1S/C35H29NO6/c1-18-16-28(38)31-27(32(18)39)17-26-23(29(31)24-11-8-20-4-2-3-5-22(20)33(24)40)12-13-25-30(26)35(42)36(34(25)41)15-14-19-6-9-21(37)10-7-19/h2-12,16,25-26,29-30,37,40H,13-15,17H2,1H3/t25-,26+,29+,30-/m0/s1. The van der Waals surface area contributed by atoms with E-state index in [0.29, 0.717) is 40.5 Å². The molecule has 7 heteroatoms. The van der Waals surface area contributed by atoms with Crippen LogP contribution in [0, 0.1) is 17.8 Å². The first kappa shape index (κ1) is 26.1. The molecule has 4 aliphatic rings. The molecule has 0 aromatic heterocycles. The largest absolute Gasteiger partial charge is 0.508 e. The molecule has 1 heterocycles. The summed E-state index contributed by atoms with van der Waals surface area (Å²) in [6.07, 6.45) is 4.34. The van der Waals surface area contributed by atoms with Gasteiger partial charge in [0.15, 0.2) is 11.6 Å². The number of allylic oxidation sites excluding steroid dienone is 6. The van der Waals surface area contributed by atoms with Gasteiger partial charge in [-0.2, -0.15) is 0 Å².